The largest absolute Gasteiger partial charge is 0.509 e. The molecule has 0 heterocycles. The second kappa shape index (κ2) is 7.71. The lowest BCUT2D eigenvalue weighted by molar-refractivity contribution is -0.137. The molecule has 1 rings (SSSR count). The van der Waals surface area contributed by atoms with Crippen LogP contribution in [0.25, 0.3) is 0 Å². The molecule has 1 aliphatic carbocycles. The monoisotopic (exact) mass is 238 g/mol. The van der Waals surface area contributed by atoms with Crippen LogP contribution in [-0.2, 0) is 4.79 Å². The zero-order valence-electron chi connectivity index (χ0n) is 10.9. The van der Waals surface area contributed by atoms with Crippen LogP contribution in [0.15, 0.2) is 35.6 Å². The van der Waals surface area contributed by atoms with Gasteiger partial charge in [-0.25, -0.2) is 0 Å². The molecule has 0 amide bonds. The molecule has 0 saturated heterocycles. The fourth-order valence-electron chi connectivity index (χ4n) is 1.93. The average Bonchev–Trinajstić information content (AvgIpc) is 2.59. The maximum absolute atomic E-state index is 10.6. The van der Waals surface area contributed by atoms with Crippen LogP contribution in [0.4, 0.5) is 0 Å². The van der Waals surface area contributed by atoms with Gasteiger partial charge in [-0.15, -0.1) is 0 Å². The second-order valence-electron chi connectivity index (χ2n) is 3.89. The number of carboxylic acids is 1. The minimum atomic E-state index is -0.775. The predicted molar refractivity (Wildman–Crippen MR) is 69.9 cm³/mol. The van der Waals surface area contributed by atoms with E-state index in [2.05, 4.69) is 6.58 Å². The highest BCUT2D eigenvalue weighted by atomic mass is 16.4. The van der Waals surface area contributed by atoms with E-state index in [4.69, 9.17) is 10.2 Å². The molecule has 0 fully saturated rings. The third kappa shape index (κ3) is 5.38. The number of rotatable bonds is 4. The van der Waals surface area contributed by atoms with E-state index < -0.39 is 5.97 Å². The minimum Gasteiger partial charge on any atom is -0.509 e. The molecule has 0 bridgehead atoms. The average molecular weight is 238 g/mol. The Balaban J connectivity index is 0.00000121. The van der Waals surface area contributed by atoms with Gasteiger partial charge in [-0.1, -0.05) is 32.1 Å². The number of aliphatic carboxylic acids is 1. The number of hydrogen-bond acceptors (Lipinski definition) is 2. The van der Waals surface area contributed by atoms with Gasteiger partial charge in [-0.3, -0.25) is 4.79 Å². The molecule has 0 aromatic carbocycles. The Hall–Kier alpha value is -1.51. The Bertz CT molecular complexity index is 337. The van der Waals surface area contributed by atoms with E-state index in [9.17, 15) is 4.79 Å². The van der Waals surface area contributed by atoms with E-state index in [1.54, 1.807) is 6.08 Å². The molecule has 3 nitrogen and oxygen atoms in total. The predicted octanol–water partition coefficient (Wildman–Crippen LogP) is 3.84. The van der Waals surface area contributed by atoms with Crippen LogP contribution in [0.3, 0.4) is 0 Å². The molecular weight excluding hydrogens is 216 g/mol. The number of carbonyl (C=O) groups is 1. The summed E-state index contributed by atoms with van der Waals surface area (Å²) >= 11 is 0. The maximum atomic E-state index is 10.6. The van der Waals surface area contributed by atoms with E-state index in [0.717, 1.165) is 18.4 Å². The Morgan fingerprint density at radius 3 is 2.53 bits per heavy atom. The van der Waals surface area contributed by atoms with Crippen molar-refractivity contribution in [2.75, 3.05) is 0 Å². The maximum Gasteiger partial charge on any atom is 0.303 e. The van der Waals surface area contributed by atoms with Gasteiger partial charge >= 0.3 is 5.97 Å². The Morgan fingerprint density at radius 2 is 2.06 bits per heavy atom. The van der Waals surface area contributed by atoms with Crippen LogP contribution < -0.4 is 0 Å². The van der Waals surface area contributed by atoms with Gasteiger partial charge in [0.05, 0.1) is 6.42 Å². The molecule has 0 saturated carbocycles. The van der Waals surface area contributed by atoms with Crippen LogP contribution in [-0.4, -0.2) is 16.2 Å². The van der Waals surface area contributed by atoms with Crippen LogP contribution in [0.1, 0.15) is 40.0 Å². The van der Waals surface area contributed by atoms with Crippen molar-refractivity contribution in [3.05, 3.63) is 35.6 Å². The lowest BCUT2D eigenvalue weighted by atomic mass is 9.96. The van der Waals surface area contributed by atoms with Crippen molar-refractivity contribution >= 4 is 5.97 Å². The summed E-state index contributed by atoms with van der Waals surface area (Å²) in [6, 6.07) is 0. The quantitative estimate of drug-likeness (QED) is 0.578. The summed E-state index contributed by atoms with van der Waals surface area (Å²) in [6.07, 6.45) is 5.28. The van der Waals surface area contributed by atoms with Gasteiger partial charge in [0.25, 0.3) is 0 Å². The van der Waals surface area contributed by atoms with Crippen molar-refractivity contribution in [3.63, 3.8) is 0 Å². The third-order valence-electron chi connectivity index (χ3n) is 2.68. The summed E-state index contributed by atoms with van der Waals surface area (Å²) in [5, 5.41) is 17.7. The van der Waals surface area contributed by atoms with Crippen LogP contribution in [0.5, 0.6) is 0 Å². The van der Waals surface area contributed by atoms with Gasteiger partial charge in [0.1, 0.15) is 5.76 Å². The number of carboxylic acid groups (broad SMARTS) is 1. The molecule has 0 aromatic rings. The summed E-state index contributed by atoms with van der Waals surface area (Å²) in [5.41, 5.74) is 2.24. The van der Waals surface area contributed by atoms with Gasteiger partial charge in [-0.2, -0.15) is 0 Å². The van der Waals surface area contributed by atoms with Gasteiger partial charge < -0.3 is 10.2 Å². The van der Waals surface area contributed by atoms with E-state index in [1.807, 2.05) is 20.8 Å². The van der Waals surface area contributed by atoms with Crippen molar-refractivity contribution in [3.8, 4) is 0 Å². The van der Waals surface area contributed by atoms with Crippen LogP contribution >= 0.6 is 0 Å². The minimum absolute atomic E-state index is 0.00345. The second-order valence-corrected chi connectivity index (χ2v) is 3.89. The summed E-state index contributed by atoms with van der Waals surface area (Å²) in [5.74, 6) is -0.696. The van der Waals surface area contributed by atoms with Crippen molar-refractivity contribution in [1.29, 1.82) is 0 Å². The summed E-state index contributed by atoms with van der Waals surface area (Å²) < 4.78 is 0. The van der Waals surface area contributed by atoms with E-state index in [1.165, 1.54) is 11.6 Å². The molecule has 3 heteroatoms. The molecular formula is C14H22O3. The highest BCUT2D eigenvalue weighted by molar-refractivity contribution is 5.68. The van der Waals surface area contributed by atoms with Crippen molar-refractivity contribution in [2.24, 2.45) is 5.92 Å². The highest BCUT2D eigenvalue weighted by Gasteiger charge is 2.23. The topological polar surface area (TPSA) is 57.5 Å². The lowest BCUT2D eigenvalue weighted by Gasteiger charge is -2.08. The fourth-order valence-corrected chi connectivity index (χ4v) is 1.93. The standard InChI is InChI=1S/C12H16O3.C2H6/c1-8-3-5-10(7-12(14)15)11(8)6-4-9(2)13;1-2/h4,6,10,13H,2-3,5,7H2,1H3,(H,14,15);1-2H3/b6-4-;/t10-;/m0./s1. The fraction of sp³-hybridized carbons (Fsp3) is 0.500. The normalized spacial score (nSPS) is 19.1. The zero-order valence-corrected chi connectivity index (χ0v) is 10.9. The number of hydrogen-bond donors (Lipinski definition) is 2. The molecule has 0 spiro atoms. The van der Waals surface area contributed by atoms with Crippen molar-refractivity contribution in [1.82, 2.24) is 0 Å². The van der Waals surface area contributed by atoms with Gasteiger partial charge in [0.2, 0.25) is 0 Å². The van der Waals surface area contributed by atoms with E-state index in [0.29, 0.717) is 0 Å². The number of allylic oxidation sites excluding steroid dienone is 4. The Labute approximate surface area is 103 Å². The Kier molecular flexibility index (Phi) is 7.03. The Morgan fingerprint density at radius 1 is 1.47 bits per heavy atom. The number of aliphatic hydroxyl groups is 1. The molecule has 17 heavy (non-hydrogen) atoms. The molecule has 0 aromatic heterocycles. The molecule has 1 aliphatic rings. The van der Waals surface area contributed by atoms with Gasteiger partial charge in [0, 0.05) is 0 Å². The van der Waals surface area contributed by atoms with Gasteiger partial charge in [-0.05, 0) is 37.3 Å². The first-order chi connectivity index (χ1) is 8.00. The summed E-state index contributed by atoms with van der Waals surface area (Å²) in [7, 11) is 0. The first-order valence-corrected chi connectivity index (χ1v) is 5.98. The molecule has 1 atom stereocenters. The summed E-state index contributed by atoms with van der Waals surface area (Å²) in [4.78, 5) is 10.6. The smallest absolute Gasteiger partial charge is 0.303 e. The van der Waals surface area contributed by atoms with Crippen molar-refractivity contribution in [2.45, 2.75) is 40.0 Å². The first-order valence-electron chi connectivity index (χ1n) is 5.98. The molecule has 96 valence electrons. The molecule has 0 aliphatic heterocycles. The molecule has 0 radical (unpaired) electrons. The van der Waals surface area contributed by atoms with Crippen molar-refractivity contribution < 1.29 is 15.0 Å². The zero-order chi connectivity index (χ0) is 13.4. The molecule has 0 unspecified atom stereocenters. The van der Waals surface area contributed by atoms with Crippen LogP contribution in [0, 0.1) is 5.92 Å². The molecule has 2 N–H and O–H groups in total. The highest BCUT2D eigenvalue weighted by Crippen LogP contribution is 2.34. The van der Waals surface area contributed by atoms with E-state index >= 15 is 0 Å². The lowest BCUT2D eigenvalue weighted by Crippen LogP contribution is -2.06. The van der Waals surface area contributed by atoms with Gasteiger partial charge in [0.15, 0.2) is 0 Å². The van der Waals surface area contributed by atoms with E-state index in [-0.39, 0.29) is 18.1 Å². The van der Waals surface area contributed by atoms with Crippen LogP contribution in [0.2, 0.25) is 0 Å². The first kappa shape index (κ1) is 15.5. The number of aliphatic hydroxyl groups excluding tert-OH is 1. The summed E-state index contributed by atoms with van der Waals surface area (Å²) in [6.45, 7) is 9.36. The SMILES string of the molecule is C=C(O)/C=C\C1=C(C)CC[C@H]1CC(=O)O.CC. The third-order valence-corrected chi connectivity index (χ3v) is 2.68.